The Labute approximate surface area is 79.8 Å². The summed E-state index contributed by atoms with van der Waals surface area (Å²) in [4.78, 5) is 11.6. The molecule has 1 amide bonds. The fourth-order valence-electron chi connectivity index (χ4n) is 1.47. The minimum atomic E-state index is -1.90. The first kappa shape index (κ1) is 10.9. The number of hydrogen-bond acceptors (Lipinski definition) is 2. The molecule has 1 saturated heterocycles. The molecule has 0 aromatic carbocycles. The van der Waals surface area contributed by atoms with Gasteiger partial charge in [0.1, 0.15) is 5.72 Å². The Balaban J connectivity index is 2.90. The predicted molar refractivity (Wildman–Crippen MR) is 44.0 cm³/mol. The number of carbonyl (C=O) groups is 1. The van der Waals surface area contributed by atoms with Crippen molar-refractivity contribution in [1.29, 1.82) is 0 Å². The summed E-state index contributed by atoms with van der Waals surface area (Å²) in [5.74, 6) is 0. The van der Waals surface area contributed by atoms with Crippen molar-refractivity contribution in [2.75, 3.05) is 6.61 Å². The van der Waals surface area contributed by atoms with Crippen LogP contribution < -0.4 is 0 Å². The molecule has 0 radical (unpaired) electrons. The van der Waals surface area contributed by atoms with Crippen molar-refractivity contribution in [3.8, 4) is 0 Å². The Bertz CT molecular complexity index is 274. The lowest BCUT2D eigenvalue weighted by Gasteiger charge is -2.29. The average molecular weight is 207 g/mol. The zero-order valence-corrected chi connectivity index (χ0v) is 7.83. The van der Waals surface area contributed by atoms with Gasteiger partial charge in [0.2, 0.25) is 0 Å². The van der Waals surface area contributed by atoms with E-state index in [1.807, 2.05) is 0 Å². The van der Waals surface area contributed by atoms with Gasteiger partial charge in [-0.2, -0.15) is 8.78 Å². The molecule has 1 rings (SSSR count). The maximum Gasteiger partial charge on any atom is 0.410 e. The molecule has 1 atom stereocenters. The van der Waals surface area contributed by atoms with Crippen molar-refractivity contribution >= 4 is 6.09 Å². The minimum Gasteiger partial charge on any atom is -0.465 e. The molecule has 0 spiro atoms. The van der Waals surface area contributed by atoms with Crippen LogP contribution >= 0.6 is 0 Å². The molecule has 1 heterocycles. The standard InChI is InChI=1S/C8H11F2NO3/c1-8(2)11(7(12)13)5(4-14-8)3-6(9)10/h3,5H,4H2,1-2H3,(H,12,13)/t5-/m0/s1. The van der Waals surface area contributed by atoms with Gasteiger partial charge in [-0.1, -0.05) is 0 Å². The smallest absolute Gasteiger partial charge is 0.410 e. The summed E-state index contributed by atoms with van der Waals surface area (Å²) in [5.41, 5.74) is -1.05. The first-order chi connectivity index (χ1) is 6.34. The highest BCUT2D eigenvalue weighted by Gasteiger charge is 2.43. The van der Waals surface area contributed by atoms with Gasteiger partial charge in [0.15, 0.2) is 0 Å². The fourth-order valence-corrected chi connectivity index (χ4v) is 1.47. The van der Waals surface area contributed by atoms with Crippen molar-refractivity contribution in [3.05, 3.63) is 12.2 Å². The van der Waals surface area contributed by atoms with E-state index in [0.29, 0.717) is 6.08 Å². The quantitative estimate of drug-likeness (QED) is 0.714. The number of hydrogen-bond donors (Lipinski definition) is 1. The van der Waals surface area contributed by atoms with Gasteiger partial charge in [0, 0.05) is 6.08 Å². The summed E-state index contributed by atoms with van der Waals surface area (Å²) < 4.78 is 29.0. The Morgan fingerprint density at radius 1 is 1.64 bits per heavy atom. The minimum absolute atomic E-state index is 0.0450. The Kier molecular flexibility index (Phi) is 2.75. The van der Waals surface area contributed by atoms with Crippen LogP contribution in [0.25, 0.3) is 0 Å². The highest BCUT2D eigenvalue weighted by atomic mass is 19.3. The summed E-state index contributed by atoms with van der Waals surface area (Å²) in [6.45, 7) is 2.99. The number of carboxylic acid groups (broad SMARTS) is 1. The molecule has 1 aliphatic rings. The molecule has 0 saturated carbocycles. The molecule has 6 heteroatoms. The molecule has 4 nitrogen and oxygen atoms in total. The van der Waals surface area contributed by atoms with Crippen LogP contribution in [-0.2, 0) is 4.74 Å². The first-order valence-electron chi connectivity index (χ1n) is 4.03. The Hall–Kier alpha value is -1.17. The molecule has 1 fully saturated rings. The molecule has 80 valence electrons. The topological polar surface area (TPSA) is 49.8 Å². The Morgan fingerprint density at radius 3 is 2.64 bits per heavy atom. The molecule has 1 aliphatic heterocycles. The van der Waals surface area contributed by atoms with E-state index in [1.54, 1.807) is 0 Å². The molecular formula is C8H11F2NO3. The predicted octanol–water partition coefficient (Wildman–Crippen LogP) is 1.88. The highest BCUT2D eigenvalue weighted by molar-refractivity contribution is 5.67. The van der Waals surface area contributed by atoms with Crippen molar-refractivity contribution in [2.24, 2.45) is 0 Å². The van der Waals surface area contributed by atoms with Gasteiger partial charge in [0.25, 0.3) is 6.08 Å². The maximum atomic E-state index is 12.0. The van der Waals surface area contributed by atoms with E-state index >= 15 is 0 Å². The summed E-state index contributed by atoms with van der Waals surface area (Å²) in [6, 6.07) is -0.910. The largest absolute Gasteiger partial charge is 0.465 e. The van der Waals surface area contributed by atoms with E-state index in [-0.39, 0.29) is 6.61 Å². The lowest BCUT2D eigenvalue weighted by molar-refractivity contribution is -0.0409. The van der Waals surface area contributed by atoms with E-state index in [0.717, 1.165) is 4.90 Å². The number of rotatable bonds is 1. The summed E-state index contributed by atoms with van der Waals surface area (Å²) >= 11 is 0. The number of amides is 1. The zero-order valence-electron chi connectivity index (χ0n) is 7.83. The normalized spacial score (nSPS) is 24.9. The SMILES string of the molecule is CC1(C)OC[C@H](C=C(F)F)N1C(=O)O. The van der Waals surface area contributed by atoms with Gasteiger partial charge >= 0.3 is 6.09 Å². The van der Waals surface area contributed by atoms with Crippen molar-refractivity contribution in [1.82, 2.24) is 4.90 Å². The zero-order chi connectivity index (χ0) is 10.9. The second kappa shape index (κ2) is 3.53. The van der Waals surface area contributed by atoms with Crippen LogP contribution in [0.15, 0.2) is 12.2 Å². The van der Waals surface area contributed by atoms with Crippen LogP contribution in [0.4, 0.5) is 13.6 Å². The van der Waals surface area contributed by atoms with E-state index in [9.17, 15) is 13.6 Å². The van der Waals surface area contributed by atoms with Crippen molar-refractivity contribution in [2.45, 2.75) is 25.6 Å². The third-order valence-electron chi connectivity index (χ3n) is 2.04. The molecule has 0 aliphatic carbocycles. The van der Waals surface area contributed by atoms with Crippen molar-refractivity contribution in [3.63, 3.8) is 0 Å². The lowest BCUT2D eigenvalue weighted by atomic mass is 10.2. The second-order valence-electron chi connectivity index (χ2n) is 3.43. The van der Waals surface area contributed by atoms with Gasteiger partial charge in [-0.3, -0.25) is 4.90 Å². The molecule has 0 unspecified atom stereocenters. The van der Waals surface area contributed by atoms with E-state index in [4.69, 9.17) is 9.84 Å². The van der Waals surface area contributed by atoms with Crippen LogP contribution in [-0.4, -0.2) is 34.5 Å². The monoisotopic (exact) mass is 207 g/mol. The third kappa shape index (κ3) is 2.01. The second-order valence-corrected chi connectivity index (χ2v) is 3.43. The van der Waals surface area contributed by atoms with Crippen LogP contribution in [0, 0.1) is 0 Å². The summed E-state index contributed by atoms with van der Waals surface area (Å²) in [5, 5.41) is 8.80. The summed E-state index contributed by atoms with van der Waals surface area (Å²) in [7, 11) is 0. The van der Waals surface area contributed by atoms with Gasteiger partial charge in [-0.05, 0) is 13.8 Å². The maximum absolute atomic E-state index is 12.0. The van der Waals surface area contributed by atoms with Gasteiger partial charge < -0.3 is 9.84 Å². The van der Waals surface area contributed by atoms with Crippen LogP contribution in [0.5, 0.6) is 0 Å². The van der Waals surface area contributed by atoms with Crippen LogP contribution in [0.3, 0.4) is 0 Å². The number of halogens is 2. The van der Waals surface area contributed by atoms with Crippen LogP contribution in [0.2, 0.25) is 0 Å². The Morgan fingerprint density at radius 2 is 2.21 bits per heavy atom. The van der Waals surface area contributed by atoms with E-state index < -0.39 is 23.9 Å². The molecule has 1 N–H and O–H groups in total. The van der Waals surface area contributed by atoms with Crippen LogP contribution in [0.1, 0.15) is 13.8 Å². The fraction of sp³-hybridized carbons (Fsp3) is 0.625. The molecule has 14 heavy (non-hydrogen) atoms. The first-order valence-corrected chi connectivity index (χ1v) is 4.03. The average Bonchev–Trinajstić information content (AvgIpc) is 2.24. The van der Waals surface area contributed by atoms with Gasteiger partial charge in [-0.15, -0.1) is 0 Å². The van der Waals surface area contributed by atoms with Gasteiger partial charge in [-0.25, -0.2) is 4.79 Å². The lowest BCUT2D eigenvalue weighted by Crippen LogP contribution is -2.46. The molecular weight excluding hydrogens is 196 g/mol. The highest BCUT2D eigenvalue weighted by Crippen LogP contribution is 2.28. The molecule has 0 aromatic rings. The van der Waals surface area contributed by atoms with Gasteiger partial charge in [0.05, 0.1) is 12.6 Å². The van der Waals surface area contributed by atoms with Crippen molar-refractivity contribution < 1.29 is 23.4 Å². The third-order valence-corrected chi connectivity index (χ3v) is 2.04. The van der Waals surface area contributed by atoms with E-state index in [1.165, 1.54) is 13.8 Å². The molecule has 0 aromatic heterocycles. The summed E-state index contributed by atoms with van der Waals surface area (Å²) in [6.07, 6.45) is -2.58. The molecule has 0 bridgehead atoms. The van der Waals surface area contributed by atoms with E-state index in [2.05, 4.69) is 0 Å². The number of nitrogens with zero attached hydrogens (tertiary/aromatic N) is 1. The number of ether oxygens (including phenoxy) is 1.